The Labute approximate surface area is 168 Å². The summed E-state index contributed by atoms with van der Waals surface area (Å²) in [7, 11) is 0. The Morgan fingerprint density at radius 1 is 1.25 bits per heavy atom. The first kappa shape index (κ1) is 17.8. The van der Waals surface area contributed by atoms with Crippen molar-refractivity contribution in [3.63, 3.8) is 0 Å². The normalized spacial score (nSPS) is 20.2. The van der Waals surface area contributed by atoms with E-state index in [1.165, 1.54) is 28.0 Å². The van der Waals surface area contributed by atoms with E-state index >= 15 is 0 Å². The number of nitrogens with zero attached hydrogens (tertiary/aromatic N) is 2. The van der Waals surface area contributed by atoms with Crippen molar-refractivity contribution in [2.24, 2.45) is 5.92 Å². The van der Waals surface area contributed by atoms with Gasteiger partial charge in [-0.15, -0.1) is 11.3 Å². The molecule has 0 amide bonds. The van der Waals surface area contributed by atoms with Gasteiger partial charge in [-0.3, -0.25) is 9.69 Å². The molecule has 1 aromatic carbocycles. The highest BCUT2D eigenvalue weighted by Gasteiger charge is 2.23. The van der Waals surface area contributed by atoms with Crippen molar-refractivity contribution >= 4 is 27.1 Å². The van der Waals surface area contributed by atoms with Gasteiger partial charge in [-0.2, -0.15) is 0 Å². The lowest BCUT2D eigenvalue weighted by molar-refractivity contribution is 0.286. The molecule has 5 rings (SSSR count). The first-order chi connectivity index (χ1) is 13.7. The van der Waals surface area contributed by atoms with E-state index in [0.29, 0.717) is 12.5 Å². The molecule has 0 saturated heterocycles. The lowest BCUT2D eigenvalue weighted by Crippen LogP contribution is -2.29. The highest BCUT2D eigenvalue weighted by molar-refractivity contribution is 7.18. The number of fused-ring (bicyclic) bond motifs is 3. The number of aryl methyl sites for hydroxylation is 1. The lowest BCUT2D eigenvalue weighted by atomic mass is 9.89. The predicted octanol–water partition coefficient (Wildman–Crippen LogP) is 4.40. The lowest BCUT2D eigenvalue weighted by Gasteiger charge is -2.25. The van der Waals surface area contributed by atoms with Gasteiger partial charge in [0.2, 0.25) is 0 Å². The molecule has 0 saturated carbocycles. The standard InChI is InChI=1S/C23H25N3OS/c1-15-7-8-18-19(13-15)28-23-21(18)22(27)24-20(25-23)14-26-11-9-17(10-12-26)16-5-3-2-4-6-16/h2-6,9,15H,7-8,10-14H2,1H3,(H,24,25,27)/t15-/m0/s1. The van der Waals surface area contributed by atoms with Crippen molar-refractivity contribution < 1.29 is 0 Å². The van der Waals surface area contributed by atoms with Gasteiger partial charge in [0.05, 0.1) is 11.9 Å². The van der Waals surface area contributed by atoms with Gasteiger partial charge in [0.25, 0.3) is 5.56 Å². The number of thiophene rings is 1. The molecule has 5 heteroatoms. The Morgan fingerprint density at radius 2 is 2.11 bits per heavy atom. The van der Waals surface area contributed by atoms with Crippen LogP contribution in [0.15, 0.2) is 41.2 Å². The molecule has 0 radical (unpaired) electrons. The molecule has 1 N–H and O–H groups in total. The molecular formula is C23H25N3OS. The summed E-state index contributed by atoms with van der Waals surface area (Å²) in [5.74, 6) is 1.50. The summed E-state index contributed by atoms with van der Waals surface area (Å²) in [6, 6.07) is 10.6. The number of nitrogens with one attached hydrogen (secondary N) is 1. The molecule has 2 aromatic heterocycles. The summed E-state index contributed by atoms with van der Waals surface area (Å²) in [6.07, 6.45) is 6.61. The molecule has 2 aliphatic rings. The summed E-state index contributed by atoms with van der Waals surface area (Å²) in [5.41, 5.74) is 4.03. The molecule has 0 bridgehead atoms. The second-order valence-electron chi connectivity index (χ2n) is 8.13. The minimum atomic E-state index is 0.0459. The quantitative estimate of drug-likeness (QED) is 0.720. The maximum atomic E-state index is 12.8. The monoisotopic (exact) mass is 391 g/mol. The molecule has 3 aromatic rings. The topological polar surface area (TPSA) is 49.0 Å². The van der Waals surface area contributed by atoms with E-state index in [-0.39, 0.29) is 5.56 Å². The first-order valence-electron chi connectivity index (χ1n) is 10.2. The first-order valence-corrected chi connectivity index (χ1v) is 11.0. The summed E-state index contributed by atoms with van der Waals surface area (Å²) >= 11 is 1.73. The number of benzene rings is 1. The van der Waals surface area contributed by atoms with Crippen LogP contribution in [0.2, 0.25) is 0 Å². The third-order valence-electron chi connectivity index (χ3n) is 6.03. The van der Waals surface area contributed by atoms with Crippen LogP contribution in [0.5, 0.6) is 0 Å². The van der Waals surface area contributed by atoms with Crippen LogP contribution in [0.1, 0.15) is 41.6 Å². The Bertz CT molecular complexity index is 1100. The van der Waals surface area contributed by atoms with Gasteiger partial charge in [0.1, 0.15) is 10.7 Å². The minimum Gasteiger partial charge on any atom is -0.309 e. The van der Waals surface area contributed by atoms with Crippen molar-refractivity contribution in [3.05, 3.63) is 68.6 Å². The van der Waals surface area contributed by atoms with Crippen molar-refractivity contribution in [2.45, 2.75) is 39.2 Å². The number of H-pyrrole nitrogens is 1. The average Bonchev–Trinajstić information content (AvgIpc) is 3.07. The van der Waals surface area contributed by atoms with Crippen molar-refractivity contribution in [3.8, 4) is 0 Å². The summed E-state index contributed by atoms with van der Waals surface area (Å²) in [4.78, 5) is 25.3. The Morgan fingerprint density at radius 3 is 2.89 bits per heavy atom. The van der Waals surface area contributed by atoms with Crippen LogP contribution < -0.4 is 5.56 Å². The molecule has 0 fully saturated rings. The molecule has 4 nitrogen and oxygen atoms in total. The van der Waals surface area contributed by atoms with E-state index < -0.39 is 0 Å². The van der Waals surface area contributed by atoms with Gasteiger partial charge in [-0.05, 0) is 48.3 Å². The summed E-state index contributed by atoms with van der Waals surface area (Å²) < 4.78 is 0. The maximum Gasteiger partial charge on any atom is 0.259 e. The molecule has 1 atom stereocenters. The van der Waals surface area contributed by atoms with Crippen LogP contribution in [-0.2, 0) is 19.4 Å². The molecule has 1 aliphatic heterocycles. The number of hydrogen-bond donors (Lipinski definition) is 1. The van der Waals surface area contributed by atoms with Gasteiger partial charge < -0.3 is 4.98 Å². The van der Waals surface area contributed by atoms with Crippen molar-refractivity contribution in [2.75, 3.05) is 13.1 Å². The smallest absolute Gasteiger partial charge is 0.259 e. The zero-order valence-electron chi connectivity index (χ0n) is 16.2. The van der Waals surface area contributed by atoms with Crippen molar-refractivity contribution in [1.29, 1.82) is 0 Å². The van der Waals surface area contributed by atoms with E-state index in [2.05, 4.69) is 53.2 Å². The van der Waals surface area contributed by atoms with Gasteiger partial charge in [0, 0.05) is 18.0 Å². The van der Waals surface area contributed by atoms with Crippen LogP contribution >= 0.6 is 11.3 Å². The van der Waals surface area contributed by atoms with Crippen LogP contribution in [0.25, 0.3) is 15.8 Å². The minimum absolute atomic E-state index is 0.0459. The SMILES string of the molecule is C[C@H]1CCc2c(sc3nc(CN4CC=C(c5ccccc5)CC4)[nH]c(=O)c23)C1. The van der Waals surface area contributed by atoms with E-state index in [1.54, 1.807) is 11.3 Å². The third kappa shape index (κ3) is 3.33. The van der Waals surface area contributed by atoms with E-state index in [4.69, 9.17) is 4.98 Å². The van der Waals surface area contributed by atoms with Gasteiger partial charge >= 0.3 is 0 Å². The molecule has 0 unspecified atom stereocenters. The van der Waals surface area contributed by atoms with Gasteiger partial charge in [-0.1, -0.05) is 43.3 Å². The third-order valence-corrected chi connectivity index (χ3v) is 7.17. The molecule has 0 spiro atoms. The number of rotatable bonds is 3. The second kappa shape index (κ2) is 7.30. The Balaban J connectivity index is 1.36. The fourth-order valence-electron chi connectivity index (χ4n) is 4.45. The van der Waals surface area contributed by atoms with E-state index in [1.807, 2.05) is 0 Å². The fourth-order valence-corrected chi connectivity index (χ4v) is 5.85. The van der Waals surface area contributed by atoms with Crippen LogP contribution in [-0.4, -0.2) is 28.0 Å². The average molecular weight is 392 g/mol. The van der Waals surface area contributed by atoms with Crippen molar-refractivity contribution in [1.82, 2.24) is 14.9 Å². The van der Waals surface area contributed by atoms with Gasteiger partial charge in [-0.25, -0.2) is 4.98 Å². The number of aromatic nitrogens is 2. The number of hydrogen-bond acceptors (Lipinski definition) is 4. The van der Waals surface area contributed by atoms with Gasteiger partial charge in [0.15, 0.2) is 0 Å². The second-order valence-corrected chi connectivity index (χ2v) is 9.21. The summed E-state index contributed by atoms with van der Waals surface area (Å²) in [5, 5.41) is 0.848. The predicted molar refractivity (Wildman–Crippen MR) is 116 cm³/mol. The van der Waals surface area contributed by atoms with E-state index in [9.17, 15) is 4.79 Å². The maximum absolute atomic E-state index is 12.8. The van der Waals surface area contributed by atoms with Crippen LogP contribution in [0.3, 0.4) is 0 Å². The molecule has 28 heavy (non-hydrogen) atoms. The van der Waals surface area contributed by atoms with E-state index in [0.717, 1.165) is 48.4 Å². The Hall–Kier alpha value is -2.24. The fraction of sp³-hybridized carbons (Fsp3) is 0.391. The highest BCUT2D eigenvalue weighted by atomic mass is 32.1. The highest BCUT2D eigenvalue weighted by Crippen LogP contribution is 2.35. The van der Waals surface area contributed by atoms with Crippen LogP contribution in [0.4, 0.5) is 0 Å². The molecule has 3 heterocycles. The number of aromatic amines is 1. The Kier molecular flexibility index (Phi) is 4.65. The zero-order chi connectivity index (χ0) is 19.1. The zero-order valence-corrected chi connectivity index (χ0v) is 17.0. The molecular weight excluding hydrogens is 366 g/mol. The summed E-state index contributed by atoms with van der Waals surface area (Å²) in [6.45, 7) is 4.87. The molecule has 144 valence electrons. The largest absolute Gasteiger partial charge is 0.309 e. The van der Waals surface area contributed by atoms with Crippen LogP contribution in [0, 0.1) is 5.92 Å². The molecule has 1 aliphatic carbocycles.